The summed E-state index contributed by atoms with van der Waals surface area (Å²) in [6.45, 7) is 2.20. The molecule has 0 unspecified atom stereocenters. The fourth-order valence-corrected chi connectivity index (χ4v) is 4.25. The maximum atomic E-state index is 13.4. The molecule has 148 valence electrons. The van der Waals surface area contributed by atoms with Crippen LogP contribution in [0.1, 0.15) is 6.92 Å². The fourth-order valence-electron chi connectivity index (χ4n) is 2.21. The number of sulfonamides is 2. The number of anilines is 2. The summed E-state index contributed by atoms with van der Waals surface area (Å²) >= 11 is 0. The third kappa shape index (κ3) is 4.73. The molecule has 0 saturated heterocycles. The van der Waals surface area contributed by atoms with Gasteiger partial charge >= 0.3 is 0 Å². The summed E-state index contributed by atoms with van der Waals surface area (Å²) in [5.74, 6) is -2.10. The van der Waals surface area contributed by atoms with E-state index in [0.717, 1.165) is 10.4 Å². The Balaban J connectivity index is 2.55. The molecule has 0 spiro atoms. The first-order chi connectivity index (χ1) is 12.5. The van der Waals surface area contributed by atoms with E-state index in [1.807, 2.05) is 0 Å². The van der Waals surface area contributed by atoms with Crippen LogP contribution < -0.4 is 10.0 Å². The summed E-state index contributed by atoms with van der Waals surface area (Å²) in [7, 11) is -5.49. The van der Waals surface area contributed by atoms with Gasteiger partial charge in [-0.15, -0.1) is 0 Å². The van der Waals surface area contributed by atoms with Crippen LogP contribution in [0.15, 0.2) is 46.2 Å². The van der Waals surface area contributed by atoms with Gasteiger partial charge in [0.25, 0.3) is 10.0 Å². The Morgan fingerprint density at radius 2 is 1.48 bits per heavy atom. The molecule has 0 fully saturated rings. The molecule has 27 heavy (non-hydrogen) atoms. The topological polar surface area (TPSA) is 95.6 Å². The zero-order valence-corrected chi connectivity index (χ0v) is 16.5. The molecule has 0 atom stereocenters. The molecule has 2 N–H and O–H groups in total. The van der Waals surface area contributed by atoms with Gasteiger partial charge in [-0.25, -0.2) is 29.9 Å². The van der Waals surface area contributed by atoms with Gasteiger partial charge in [-0.1, -0.05) is 0 Å². The van der Waals surface area contributed by atoms with Crippen molar-refractivity contribution in [1.29, 1.82) is 0 Å². The van der Waals surface area contributed by atoms with E-state index in [9.17, 15) is 25.6 Å². The summed E-state index contributed by atoms with van der Waals surface area (Å²) in [5, 5.41) is 2.90. The molecule has 0 radical (unpaired) electrons. The van der Waals surface area contributed by atoms with E-state index in [2.05, 4.69) is 10.0 Å². The first-order valence-corrected chi connectivity index (χ1v) is 10.7. The van der Waals surface area contributed by atoms with E-state index in [1.165, 1.54) is 26.2 Å². The van der Waals surface area contributed by atoms with Crippen LogP contribution in [-0.4, -0.2) is 41.8 Å². The minimum Gasteiger partial charge on any atom is -0.384 e. The lowest BCUT2D eigenvalue weighted by molar-refractivity contribution is 0.521. The van der Waals surface area contributed by atoms with Crippen molar-refractivity contribution in [2.24, 2.45) is 0 Å². The molecule has 0 aliphatic rings. The van der Waals surface area contributed by atoms with Crippen LogP contribution in [0.5, 0.6) is 0 Å². The van der Waals surface area contributed by atoms with Crippen molar-refractivity contribution in [1.82, 2.24) is 4.31 Å². The van der Waals surface area contributed by atoms with E-state index in [1.54, 1.807) is 6.92 Å². The minimum absolute atomic E-state index is 0.0653. The van der Waals surface area contributed by atoms with Crippen molar-refractivity contribution in [3.05, 3.63) is 48.0 Å². The van der Waals surface area contributed by atoms with Crippen LogP contribution in [0.25, 0.3) is 0 Å². The molecule has 0 heterocycles. The standard InChI is InChI=1S/C16H19F2N3O4S2/c1-4-19-15-6-5-13(27(24,25)21(2)3)10-16(15)20-26(22,23)14-8-11(17)7-12(18)9-14/h5-10,19-20H,4H2,1-3H3. The van der Waals surface area contributed by atoms with Crippen molar-refractivity contribution >= 4 is 31.4 Å². The van der Waals surface area contributed by atoms with Gasteiger partial charge in [0.15, 0.2) is 0 Å². The summed E-state index contributed by atoms with van der Waals surface area (Å²) < 4.78 is 79.6. The first-order valence-electron chi connectivity index (χ1n) is 7.76. The van der Waals surface area contributed by atoms with E-state index in [4.69, 9.17) is 0 Å². The third-order valence-electron chi connectivity index (χ3n) is 3.53. The number of halogens is 2. The molecular weight excluding hydrogens is 400 g/mol. The normalized spacial score (nSPS) is 12.2. The Hall–Kier alpha value is -2.24. The van der Waals surface area contributed by atoms with Crippen molar-refractivity contribution in [3.63, 3.8) is 0 Å². The molecule has 2 rings (SSSR count). The lowest BCUT2D eigenvalue weighted by Gasteiger charge is -2.17. The highest BCUT2D eigenvalue weighted by molar-refractivity contribution is 7.92. The second kappa shape index (κ2) is 7.79. The molecule has 0 saturated carbocycles. The number of hydrogen-bond donors (Lipinski definition) is 2. The number of benzene rings is 2. The Morgan fingerprint density at radius 1 is 0.889 bits per heavy atom. The van der Waals surface area contributed by atoms with E-state index in [-0.39, 0.29) is 10.6 Å². The molecule has 7 nitrogen and oxygen atoms in total. The van der Waals surface area contributed by atoms with Gasteiger partial charge in [0.1, 0.15) is 11.6 Å². The van der Waals surface area contributed by atoms with Crippen LogP contribution in [-0.2, 0) is 20.0 Å². The van der Waals surface area contributed by atoms with Crippen LogP contribution >= 0.6 is 0 Å². The Bertz CT molecular complexity index is 1040. The number of hydrogen-bond acceptors (Lipinski definition) is 5. The molecule has 2 aromatic rings. The summed E-state index contributed by atoms with van der Waals surface area (Å²) in [6, 6.07) is 5.75. The largest absolute Gasteiger partial charge is 0.384 e. The van der Waals surface area contributed by atoms with Crippen molar-refractivity contribution in [3.8, 4) is 0 Å². The van der Waals surface area contributed by atoms with Crippen LogP contribution in [0, 0.1) is 11.6 Å². The number of nitrogens with one attached hydrogen (secondary N) is 2. The highest BCUT2D eigenvalue weighted by Crippen LogP contribution is 2.29. The van der Waals surface area contributed by atoms with Crippen molar-refractivity contribution in [2.75, 3.05) is 30.7 Å². The van der Waals surface area contributed by atoms with Gasteiger partial charge < -0.3 is 5.32 Å². The summed E-state index contributed by atoms with van der Waals surface area (Å²) in [5.41, 5.74) is 0.250. The van der Waals surface area contributed by atoms with E-state index >= 15 is 0 Å². The third-order valence-corrected chi connectivity index (χ3v) is 6.68. The zero-order valence-electron chi connectivity index (χ0n) is 14.8. The van der Waals surface area contributed by atoms with E-state index in [0.29, 0.717) is 30.4 Å². The van der Waals surface area contributed by atoms with Crippen LogP contribution in [0.4, 0.5) is 20.2 Å². The Kier molecular flexibility index (Phi) is 6.07. The maximum Gasteiger partial charge on any atom is 0.262 e. The molecule has 0 aromatic heterocycles. The van der Waals surface area contributed by atoms with Gasteiger partial charge in [-0.3, -0.25) is 4.72 Å². The summed E-state index contributed by atoms with van der Waals surface area (Å²) in [4.78, 5) is -0.763. The van der Waals surface area contributed by atoms with Crippen LogP contribution in [0.2, 0.25) is 0 Å². The quantitative estimate of drug-likeness (QED) is 0.719. The SMILES string of the molecule is CCNc1ccc(S(=O)(=O)N(C)C)cc1NS(=O)(=O)c1cc(F)cc(F)c1. The lowest BCUT2D eigenvalue weighted by Crippen LogP contribution is -2.23. The summed E-state index contributed by atoms with van der Waals surface area (Å²) in [6.07, 6.45) is 0. The lowest BCUT2D eigenvalue weighted by atomic mass is 10.2. The van der Waals surface area contributed by atoms with Gasteiger partial charge in [0.05, 0.1) is 21.2 Å². The second-order valence-electron chi connectivity index (χ2n) is 5.74. The maximum absolute atomic E-state index is 13.4. The monoisotopic (exact) mass is 419 g/mol. The van der Waals surface area contributed by atoms with E-state index < -0.39 is 36.6 Å². The van der Waals surface area contributed by atoms with Crippen LogP contribution in [0.3, 0.4) is 0 Å². The predicted molar refractivity (Wildman–Crippen MR) is 98.6 cm³/mol. The van der Waals surface area contributed by atoms with Gasteiger partial charge in [-0.2, -0.15) is 0 Å². The minimum atomic E-state index is -4.36. The van der Waals surface area contributed by atoms with Gasteiger partial charge in [-0.05, 0) is 37.3 Å². The smallest absolute Gasteiger partial charge is 0.262 e. The highest BCUT2D eigenvalue weighted by atomic mass is 32.2. The van der Waals surface area contributed by atoms with Crippen molar-refractivity contribution in [2.45, 2.75) is 16.7 Å². The molecule has 0 amide bonds. The fraction of sp³-hybridized carbons (Fsp3) is 0.250. The predicted octanol–water partition coefficient (Wildman–Crippen LogP) is 2.45. The molecular formula is C16H19F2N3O4S2. The highest BCUT2D eigenvalue weighted by Gasteiger charge is 2.22. The average molecular weight is 419 g/mol. The Labute approximate surface area is 157 Å². The number of rotatable bonds is 7. The second-order valence-corrected chi connectivity index (χ2v) is 9.57. The zero-order chi connectivity index (χ0) is 20.4. The van der Waals surface area contributed by atoms with Gasteiger partial charge in [0.2, 0.25) is 10.0 Å². The molecule has 0 aliphatic carbocycles. The van der Waals surface area contributed by atoms with Gasteiger partial charge in [0, 0.05) is 26.7 Å². The average Bonchev–Trinajstić information content (AvgIpc) is 2.55. The number of nitrogens with zero attached hydrogens (tertiary/aromatic N) is 1. The first kappa shape index (κ1) is 21.1. The molecule has 2 aromatic carbocycles. The molecule has 11 heteroatoms. The van der Waals surface area contributed by atoms with Crippen molar-refractivity contribution < 1.29 is 25.6 Å². The molecule has 0 aliphatic heterocycles. The molecule has 0 bridgehead atoms. The Morgan fingerprint density at radius 3 is 2.00 bits per heavy atom.